The van der Waals surface area contributed by atoms with Crippen LogP contribution in [-0.2, 0) is 4.79 Å². The van der Waals surface area contributed by atoms with Crippen LogP contribution in [0.5, 0.6) is 5.75 Å². The number of benzene rings is 1. The molecule has 35 heavy (non-hydrogen) atoms. The van der Waals surface area contributed by atoms with E-state index in [4.69, 9.17) is 4.74 Å². The fourth-order valence-corrected chi connectivity index (χ4v) is 4.52. The molecule has 1 fully saturated rings. The fourth-order valence-electron chi connectivity index (χ4n) is 4.52. The maximum absolute atomic E-state index is 12.2. The molecule has 0 bridgehead atoms. The number of aromatic nitrogens is 4. The number of nitrogens with one attached hydrogen (secondary N) is 2. The Kier molecular flexibility index (Phi) is 5.21. The van der Waals surface area contributed by atoms with Crippen LogP contribution in [0.1, 0.15) is 31.4 Å². The van der Waals surface area contributed by atoms with Crippen LogP contribution in [0.3, 0.4) is 0 Å². The maximum Gasteiger partial charge on any atom is 0.227 e. The highest BCUT2D eigenvalue weighted by molar-refractivity contribution is 5.96. The Bertz CT molecular complexity index is 1410. The van der Waals surface area contributed by atoms with Crippen LogP contribution in [0, 0.1) is 0 Å². The van der Waals surface area contributed by atoms with Crippen LogP contribution in [0.15, 0.2) is 67.3 Å². The molecule has 5 heterocycles. The van der Waals surface area contributed by atoms with E-state index in [1.165, 1.54) is 0 Å². The molecule has 0 spiro atoms. The third-order valence-electron chi connectivity index (χ3n) is 6.17. The smallest absolute Gasteiger partial charge is 0.227 e. The molecule has 6 rings (SSSR count). The molecule has 3 aromatic heterocycles. The third-order valence-corrected chi connectivity index (χ3v) is 6.17. The lowest BCUT2D eigenvalue weighted by molar-refractivity contribution is -0.117. The minimum Gasteiger partial charge on any atom is -0.485 e. The van der Waals surface area contributed by atoms with E-state index in [1.807, 2.05) is 60.5 Å². The van der Waals surface area contributed by atoms with Crippen molar-refractivity contribution < 1.29 is 9.53 Å². The molecule has 1 saturated heterocycles. The average molecular weight is 466 g/mol. The monoisotopic (exact) mass is 465 g/mol. The summed E-state index contributed by atoms with van der Waals surface area (Å²) in [5.74, 6) is 2.27. The first-order chi connectivity index (χ1) is 17.1. The second kappa shape index (κ2) is 8.68. The van der Waals surface area contributed by atoms with E-state index in [0.29, 0.717) is 18.1 Å². The van der Waals surface area contributed by atoms with Gasteiger partial charge in [0.15, 0.2) is 5.82 Å². The summed E-state index contributed by atoms with van der Waals surface area (Å²) in [5.41, 5.74) is 5.50. The number of anilines is 5. The Hall–Kier alpha value is -4.53. The zero-order chi connectivity index (χ0) is 23.8. The predicted octanol–water partition coefficient (Wildman–Crippen LogP) is 5.00. The summed E-state index contributed by atoms with van der Waals surface area (Å²) in [7, 11) is 0. The minimum atomic E-state index is -0.159. The van der Waals surface area contributed by atoms with Crippen molar-refractivity contribution in [3.8, 4) is 16.9 Å². The molecule has 1 atom stereocenters. The maximum atomic E-state index is 12.2. The highest BCUT2D eigenvalue weighted by Gasteiger charge is 2.27. The van der Waals surface area contributed by atoms with Crippen LogP contribution in [0.2, 0.25) is 0 Å². The summed E-state index contributed by atoms with van der Waals surface area (Å²) in [6, 6.07) is 13.5. The van der Waals surface area contributed by atoms with Crippen molar-refractivity contribution in [2.75, 3.05) is 22.1 Å². The van der Waals surface area contributed by atoms with Crippen molar-refractivity contribution in [2.45, 2.75) is 25.9 Å². The number of hydrogen-bond donors (Lipinski definition) is 2. The first-order valence-electron chi connectivity index (χ1n) is 11.5. The van der Waals surface area contributed by atoms with E-state index >= 15 is 0 Å². The number of carbonyl (C=O) groups is 1. The summed E-state index contributed by atoms with van der Waals surface area (Å²) >= 11 is 0. The van der Waals surface area contributed by atoms with Gasteiger partial charge in [-0.3, -0.25) is 9.78 Å². The molecular weight excluding hydrogens is 442 g/mol. The van der Waals surface area contributed by atoms with E-state index in [1.54, 1.807) is 18.6 Å². The van der Waals surface area contributed by atoms with Gasteiger partial charge in [-0.25, -0.2) is 4.98 Å². The molecule has 9 nitrogen and oxygen atoms in total. The molecule has 1 amide bonds. The Morgan fingerprint density at radius 3 is 2.63 bits per heavy atom. The molecule has 4 aromatic rings. The van der Waals surface area contributed by atoms with Gasteiger partial charge in [-0.2, -0.15) is 5.10 Å². The molecule has 2 N–H and O–H groups in total. The molecule has 174 valence electrons. The zero-order valence-electron chi connectivity index (χ0n) is 19.1. The molecular formula is C26H23N7O2. The third kappa shape index (κ3) is 4.12. The number of amides is 1. The van der Waals surface area contributed by atoms with Gasteiger partial charge < -0.3 is 20.3 Å². The largest absolute Gasteiger partial charge is 0.485 e. The summed E-state index contributed by atoms with van der Waals surface area (Å²) in [6.45, 7) is 2.77. The van der Waals surface area contributed by atoms with Gasteiger partial charge in [-0.1, -0.05) is 0 Å². The topological polar surface area (TPSA) is 105 Å². The van der Waals surface area contributed by atoms with Gasteiger partial charge in [-0.05, 0) is 49.7 Å². The van der Waals surface area contributed by atoms with Crippen molar-refractivity contribution in [1.29, 1.82) is 0 Å². The number of carbonyl (C=O) groups excluding carboxylic acids is 1. The summed E-state index contributed by atoms with van der Waals surface area (Å²) in [5, 5.41) is 14.4. The molecule has 9 heteroatoms. The van der Waals surface area contributed by atoms with Crippen molar-refractivity contribution in [3.63, 3.8) is 0 Å². The quantitative estimate of drug-likeness (QED) is 0.424. The van der Waals surface area contributed by atoms with E-state index in [9.17, 15) is 4.79 Å². The van der Waals surface area contributed by atoms with Gasteiger partial charge in [0.2, 0.25) is 5.91 Å². The standard InChI is InChI=1S/C26H23N7O2/c1-16-21-12-25(31-18-10-17(13-27-14-18)30-24-4-2-8-29-32-24)28-15-22(21)20-7-6-19(11-23(20)35-16)33-9-3-5-26(33)34/h2,4,6-8,10-16H,3,5,9H2,1H3,(H,28,31)(H,30,32)/t16-/m0/s1. The molecule has 2 aliphatic heterocycles. The van der Waals surface area contributed by atoms with Crippen molar-refractivity contribution in [2.24, 2.45) is 0 Å². The number of rotatable bonds is 5. The molecule has 0 unspecified atom stereocenters. The Labute approximate surface area is 202 Å². The highest BCUT2D eigenvalue weighted by Crippen LogP contribution is 2.44. The number of ether oxygens (including phenoxy) is 1. The molecule has 0 saturated carbocycles. The Morgan fingerprint density at radius 1 is 1.00 bits per heavy atom. The normalized spacial score (nSPS) is 16.3. The lowest BCUT2D eigenvalue weighted by atomic mass is 9.94. The van der Waals surface area contributed by atoms with E-state index in [2.05, 4.69) is 30.8 Å². The van der Waals surface area contributed by atoms with Crippen molar-refractivity contribution in [1.82, 2.24) is 20.2 Å². The SMILES string of the molecule is C[C@@H]1Oc2cc(N3CCCC3=O)ccc2-c2cnc(Nc3cncc(Nc4cccnn4)c3)cc21. The summed E-state index contributed by atoms with van der Waals surface area (Å²) in [4.78, 5) is 22.9. The Balaban J connectivity index is 1.25. The first kappa shape index (κ1) is 21.0. The van der Waals surface area contributed by atoms with Crippen LogP contribution < -0.4 is 20.3 Å². The molecule has 0 radical (unpaired) electrons. The number of pyridine rings is 2. The van der Waals surface area contributed by atoms with Crippen LogP contribution in [-0.4, -0.2) is 32.6 Å². The lowest BCUT2D eigenvalue weighted by Crippen LogP contribution is -2.24. The van der Waals surface area contributed by atoms with Crippen LogP contribution >= 0.6 is 0 Å². The summed E-state index contributed by atoms with van der Waals surface area (Å²) in [6.07, 6.45) is 8.28. The predicted molar refractivity (Wildman–Crippen MR) is 133 cm³/mol. The van der Waals surface area contributed by atoms with Gasteiger partial charge in [0.25, 0.3) is 0 Å². The van der Waals surface area contributed by atoms with Gasteiger partial charge in [-0.15, -0.1) is 5.10 Å². The Morgan fingerprint density at radius 2 is 1.86 bits per heavy atom. The minimum absolute atomic E-state index is 0.159. The molecule has 1 aromatic carbocycles. The first-order valence-corrected chi connectivity index (χ1v) is 11.5. The van der Waals surface area contributed by atoms with Crippen molar-refractivity contribution >= 4 is 34.6 Å². The number of hydrogen-bond acceptors (Lipinski definition) is 8. The lowest BCUT2D eigenvalue weighted by Gasteiger charge is -2.28. The molecule has 2 aliphatic rings. The van der Waals surface area contributed by atoms with Crippen molar-refractivity contribution in [3.05, 3.63) is 72.8 Å². The summed E-state index contributed by atoms with van der Waals surface area (Å²) < 4.78 is 6.26. The van der Waals surface area contributed by atoms with Gasteiger partial charge >= 0.3 is 0 Å². The van der Waals surface area contributed by atoms with Crippen LogP contribution in [0.4, 0.5) is 28.7 Å². The number of nitrogens with zero attached hydrogens (tertiary/aromatic N) is 5. The van der Waals surface area contributed by atoms with E-state index in [0.717, 1.165) is 52.5 Å². The highest BCUT2D eigenvalue weighted by atomic mass is 16.5. The van der Waals surface area contributed by atoms with E-state index in [-0.39, 0.29) is 12.0 Å². The van der Waals surface area contributed by atoms with Gasteiger partial charge in [0.05, 0.1) is 23.8 Å². The average Bonchev–Trinajstić information content (AvgIpc) is 3.30. The van der Waals surface area contributed by atoms with Crippen LogP contribution in [0.25, 0.3) is 11.1 Å². The number of fused-ring (bicyclic) bond motifs is 3. The second-order valence-corrected chi connectivity index (χ2v) is 8.57. The zero-order valence-corrected chi connectivity index (χ0v) is 19.1. The fraction of sp³-hybridized carbons (Fsp3) is 0.192. The van der Waals surface area contributed by atoms with E-state index < -0.39 is 0 Å². The molecule has 0 aliphatic carbocycles. The van der Waals surface area contributed by atoms with Gasteiger partial charge in [0.1, 0.15) is 17.7 Å². The van der Waals surface area contributed by atoms with Gasteiger partial charge in [0, 0.05) is 53.8 Å². The second-order valence-electron chi connectivity index (χ2n) is 8.57.